The van der Waals surface area contributed by atoms with Gasteiger partial charge in [0.05, 0.1) is 12.5 Å². The Hall–Kier alpha value is -2.16. The molecule has 0 bridgehead atoms. The van der Waals surface area contributed by atoms with E-state index in [1.165, 1.54) is 11.1 Å². The molecule has 29 heavy (non-hydrogen) atoms. The zero-order valence-corrected chi connectivity index (χ0v) is 17.9. The number of fused-ring (bicyclic) bond motifs is 2. The van der Waals surface area contributed by atoms with E-state index in [4.69, 9.17) is 32.7 Å². The van der Waals surface area contributed by atoms with E-state index >= 15 is 0 Å². The highest BCUT2D eigenvalue weighted by molar-refractivity contribution is 6.52. The zero-order valence-electron chi connectivity index (χ0n) is 16.4. The van der Waals surface area contributed by atoms with Crippen LogP contribution in [0.15, 0.2) is 72.8 Å². The van der Waals surface area contributed by atoms with Crippen molar-refractivity contribution in [3.05, 3.63) is 95.1 Å². The van der Waals surface area contributed by atoms with Crippen LogP contribution in [0, 0.1) is 12.8 Å². The van der Waals surface area contributed by atoms with E-state index in [2.05, 4.69) is 37.3 Å². The molecule has 5 rings (SSSR count). The maximum atomic E-state index is 7.00. The van der Waals surface area contributed by atoms with E-state index in [-0.39, 0.29) is 11.8 Å². The molecule has 2 aliphatic rings. The summed E-state index contributed by atoms with van der Waals surface area (Å²) >= 11 is 14.0. The third-order valence-corrected chi connectivity index (χ3v) is 7.25. The Morgan fingerprint density at radius 1 is 0.897 bits per heavy atom. The lowest BCUT2D eigenvalue weighted by molar-refractivity contribution is 0.137. The topological polar surface area (TPSA) is 18.5 Å². The minimum atomic E-state index is -1.04. The Balaban J connectivity index is 1.68. The Morgan fingerprint density at radius 3 is 2.24 bits per heavy atom. The number of alkyl halides is 2. The van der Waals surface area contributed by atoms with Crippen molar-refractivity contribution >= 4 is 23.2 Å². The number of hydrogen-bond donors (Lipinski definition) is 0. The lowest BCUT2D eigenvalue weighted by Gasteiger charge is -2.32. The summed E-state index contributed by atoms with van der Waals surface area (Å²) < 4.78 is 11.1. The van der Waals surface area contributed by atoms with Gasteiger partial charge in [0.2, 0.25) is 0 Å². The maximum Gasteiger partial charge on any atom is 0.174 e. The summed E-state index contributed by atoms with van der Waals surface area (Å²) in [7, 11) is 0. The second-order valence-electron chi connectivity index (χ2n) is 7.77. The first-order valence-electron chi connectivity index (χ1n) is 9.95. The molecule has 3 atom stereocenters. The molecule has 1 saturated carbocycles. The summed E-state index contributed by atoms with van der Waals surface area (Å²) in [4.78, 5) is 0. The number of benzene rings is 3. The van der Waals surface area contributed by atoms with Crippen LogP contribution in [0.4, 0.5) is 0 Å². The van der Waals surface area contributed by atoms with Crippen molar-refractivity contribution < 1.29 is 9.47 Å². The minimum absolute atomic E-state index is 0.0581. The first kappa shape index (κ1) is 18.8. The highest BCUT2D eigenvalue weighted by atomic mass is 35.5. The number of hydrogen-bond acceptors (Lipinski definition) is 2. The van der Waals surface area contributed by atoms with Gasteiger partial charge >= 0.3 is 0 Å². The molecule has 1 fully saturated rings. The van der Waals surface area contributed by atoms with Crippen LogP contribution in [0.25, 0.3) is 0 Å². The lowest BCUT2D eigenvalue weighted by Crippen LogP contribution is -2.29. The van der Waals surface area contributed by atoms with Crippen LogP contribution in [0.5, 0.6) is 11.5 Å². The largest absolute Gasteiger partial charge is 0.494 e. The summed E-state index contributed by atoms with van der Waals surface area (Å²) in [5.74, 6) is 1.63. The van der Waals surface area contributed by atoms with Crippen LogP contribution < -0.4 is 9.47 Å². The number of rotatable bonds is 4. The minimum Gasteiger partial charge on any atom is -0.494 e. The first-order valence-corrected chi connectivity index (χ1v) is 10.7. The van der Waals surface area contributed by atoms with Gasteiger partial charge in [-0.3, -0.25) is 0 Å². The predicted octanol–water partition coefficient (Wildman–Crippen LogP) is 6.62. The molecule has 3 aromatic carbocycles. The van der Waals surface area contributed by atoms with Crippen LogP contribution in [-0.2, 0) is 5.60 Å². The summed E-state index contributed by atoms with van der Waals surface area (Å²) in [6.07, 6.45) is 0. The molecule has 1 heterocycles. The van der Waals surface area contributed by atoms with E-state index < -0.39 is 9.93 Å². The average Bonchev–Trinajstić information content (AvgIpc) is 3.23. The fourth-order valence-electron chi connectivity index (χ4n) is 4.84. The quantitative estimate of drug-likeness (QED) is 0.438. The number of ether oxygens (including phenoxy) is 2. The van der Waals surface area contributed by atoms with Gasteiger partial charge in [0.15, 0.2) is 9.93 Å². The average molecular weight is 425 g/mol. The van der Waals surface area contributed by atoms with Crippen LogP contribution in [-0.4, -0.2) is 10.9 Å². The van der Waals surface area contributed by atoms with Gasteiger partial charge in [-0.1, -0.05) is 77.8 Å². The van der Waals surface area contributed by atoms with E-state index in [1.807, 2.05) is 49.4 Å². The summed E-state index contributed by atoms with van der Waals surface area (Å²) in [6, 6.07) is 24.6. The molecule has 0 radical (unpaired) electrons. The van der Waals surface area contributed by atoms with Crippen molar-refractivity contribution in [2.45, 2.75) is 29.7 Å². The molecule has 0 saturated heterocycles. The summed E-state index contributed by atoms with van der Waals surface area (Å²) in [5.41, 5.74) is 3.79. The van der Waals surface area contributed by atoms with Gasteiger partial charge in [0.25, 0.3) is 0 Å². The second kappa shape index (κ2) is 6.68. The smallest absolute Gasteiger partial charge is 0.174 e. The molecular formula is C25H22Cl2O2. The molecule has 4 heteroatoms. The highest BCUT2D eigenvalue weighted by Gasteiger charge is 2.83. The molecule has 1 aliphatic heterocycles. The molecule has 0 amide bonds. The van der Waals surface area contributed by atoms with E-state index in [1.54, 1.807) is 0 Å². The molecule has 0 unspecified atom stereocenters. The van der Waals surface area contributed by atoms with E-state index in [0.29, 0.717) is 6.61 Å². The predicted molar refractivity (Wildman–Crippen MR) is 117 cm³/mol. The SMILES string of the molecule is CCOc1ccc([C@@]23Oc4ccccc4[C@@H](c4ccccc4C)[C@H]2C3(Cl)Cl)cc1. The van der Waals surface area contributed by atoms with Gasteiger partial charge in [0.1, 0.15) is 11.5 Å². The first-order chi connectivity index (χ1) is 14.0. The standard InChI is InChI=1S/C25H22Cl2O2/c1-3-28-18-14-12-17(13-15-18)24-23(25(24,26)27)22(19-9-5-4-8-16(19)2)20-10-6-7-11-21(20)29-24/h4-15,22-23H,3H2,1-2H3/t22-,23-,24-/m1/s1. The van der Waals surface area contributed by atoms with Crippen LogP contribution >= 0.6 is 23.2 Å². The van der Waals surface area contributed by atoms with Gasteiger partial charge in [0, 0.05) is 11.5 Å². The Bertz CT molecular complexity index is 1060. The van der Waals surface area contributed by atoms with Crippen LogP contribution in [0.1, 0.15) is 35.1 Å². The third kappa shape index (κ3) is 2.62. The van der Waals surface area contributed by atoms with E-state index in [9.17, 15) is 0 Å². The summed E-state index contributed by atoms with van der Waals surface area (Å²) in [6.45, 7) is 4.74. The molecule has 2 nitrogen and oxygen atoms in total. The zero-order chi connectivity index (χ0) is 20.2. The number of halogens is 2. The molecule has 3 aromatic rings. The molecular weight excluding hydrogens is 403 g/mol. The van der Waals surface area contributed by atoms with Gasteiger partial charge < -0.3 is 9.47 Å². The van der Waals surface area contributed by atoms with Crippen molar-refractivity contribution in [3.63, 3.8) is 0 Å². The summed E-state index contributed by atoms with van der Waals surface area (Å²) in [5, 5.41) is 0. The van der Waals surface area contributed by atoms with Gasteiger partial charge in [-0.05, 0) is 48.7 Å². The van der Waals surface area contributed by atoms with Gasteiger partial charge in [-0.2, -0.15) is 0 Å². The molecule has 1 aliphatic carbocycles. The molecule has 0 N–H and O–H groups in total. The molecule has 0 aromatic heterocycles. The molecule has 148 valence electrons. The van der Waals surface area contributed by atoms with E-state index in [0.717, 1.165) is 22.6 Å². The fourth-order valence-corrected chi connectivity index (χ4v) is 5.82. The fraction of sp³-hybridized carbons (Fsp3) is 0.280. The van der Waals surface area contributed by atoms with Crippen LogP contribution in [0.2, 0.25) is 0 Å². The molecule has 0 spiro atoms. The van der Waals surface area contributed by atoms with Crippen molar-refractivity contribution in [2.24, 2.45) is 5.92 Å². The van der Waals surface area contributed by atoms with Crippen molar-refractivity contribution in [2.75, 3.05) is 6.61 Å². The number of para-hydroxylation sites is 1. The number of aryl methyl sites for hydroxylation is 1. The Labute approximate surface area is 181 Å². The lowest BCUT2D eigenvalue weighted by atomic mass is 9.80. The van der Waals surface area contributed by atoms with Gasteiger partial charge in [-0.15, -0.1) is 0 Å². The third-order valence-electron chi connectivity index (χ3n) is 6.22. The second-order valence-corrected chi connectivity index (χ2v) is 9.15. The normalized spacial score (nSPS) is 26.1. The monoisotopic (exact) mass is 424 g/mol. The highest BCUT2D eigenvalue weighted by Crippen LogP contribution is 2.77. The maximum absolute atomic E-state index is 7.00. The van der Waals surface area contributed by atoms with Crippen LogP contribution in [0.3, 0.4) is 0 Å². The Morgan fingerprint density at radius 2 is 1.55 bits per heavy atom. The van der Waals surface area contributed by atoms with Crippen molar-refractivity contribution in [1.82, 2.24) is 0 Å². The van der Waals surface area contributed by atoms with Gasteiger partial charge in [-0.25, -0.2) is 0 Å². The van der Waals surface area contributed by atoms with Crippen molar-refractivity contribution in [3.8, 4) is 11.5 Å². The van der Waals surface area contributed by atoms with Crippen molar-refractivity contribution in [1.29, 1.82) is 0 Å². The Kier molecular flexibility index (Phi) is 4.34.